The summed E-state index contributed by atoms with van der Waals surface area (Å²) in [7, 11) is 0. The summed E-state index contributed by atoms with van der Waals surface area (Å²) in [5.74, 6) is -0.783. The average Bonchev–Trinajstić information content (AvgIpc) is 2.56. The summed E-state index contributed by atoms with van der Waals surface area (Å²) in [4.78, 5) is 10.6. The second-order valence-electron chi connectivity index (χ2n) is 2.78. The van der Waals surface area contributed by atoms with Crippen molar-refractivity contribution in [2.24, 2.45) is 0 Å². The fraction of sp³-hybridized carbons (Fsp3) is 0.111. The molecule has 4 nitrogen and oxygen atoms in total. The van der Waals surface area contributed by atoms with E-state index < -0.39 is 5.76 Å². The lowest BCUT2D eigenvalue weighted by molar-refractivity contribution is 0.468. The molecule has 0 unspecified atom stereocenters. The Morgan fingerprint density at radius 2 is 2.21 bits per heavy atom. The molecule has 1 heterocycles. The van der Waals surface area contributed by atoms with E-state index in [2.05, 4.69) is 14.6 Å². The van der Waals surface area contributed by atoms with Crippen LogP contribution in [0.25, 0.3) is 0 Å². The summed E-state index contributed by atoms with van der Waals surface area (Å²) < 4.78 is 17.8. The zero-order valence-electron chi connectivity index (χ0n) is 7.16. The van der Waals surface area contributed by atoms with Crippen molar-refractivity contribution in [3.8, 4) is 0 Å². The lowest BCUT2D eigenvalue weighted by Crippen LogP contribution is -1.94. The van der Waals surface area contributed by atoms with E-state index >= 15 is 0 Å². The Balaban J connectivity index is 2.27. The molecule has 0 bridgehead atoms. The smallest absolute Gasteiger partial charge is 0.392 e. The van der Waals surface area contributed by atoms with Crippen LogP contribution in [0, 0.1) is 5.82 Å². The minimum absolute atomic E-state index is 0.172. The summed E-state index contributed by atoms with van der Waals surface area (Å²) in [6, 6.07) is 6.27. The molecule has 5 heteroatoms. The summed E-state index contributed by atoms with van der Waals surface area (Å²) in [5.41, 5.74) is 0.447. The van der Waals surface area contributed by atoms with Crippen molar-refractivity contribution >= 4 is 0 Å². The fourth-order valence-corrected chi connectivity index (χ4v) is 1.14. The standard InChI is InChI=1S/C9H7FN2O2/c10-7-4-2-1-3-6(7)5-8-11-12-9(13)14-8/h1-4H,5H2,(H,12,13). The predicted octanol–water partition coefficient (Wildman–Crippen LogP) is 1.09. The molecule has 0 saturated carbocycles. The van der Waals surface area contributed by atoms with Gasteiger partial charge in [-0.15, -0.1) is 5.10 Å². The second-order valence-corrected chi connectivity index (χ2v) is 2.78. The maximum absolute atomic E-state index is 13.1. The molecule has 72 valence electrons. The predicted molar refractivity (Wildman–Crippen MR) is 46.3 cm³/mol. The first-order chi connectivity index (χ1) is 6.75. The molecule has 1 N–H and O–H groups in total. The third-order valence-electron chi connectivity index (χ3n) is 1.78. The van der Waals surface area contributed by atoms with E-state index in [9.17, 15) is 9.18 Å². The summed E-state index contributed by atoms with van der Waals surface area (Å²) >= 11 is 0. The molecule has 0 radical (unpaired) electrons. The molecule has 0 aliphatic heterocycles. The molecule has 0 atom stereocenters. The molecule has 0 aliphatic rings. The highest BCUT2D eigenvalue weighted by atomic mass is 19.1. The molecule has 0 saturated heterocycles. The van der Waals surface area contributed by atoms with Crippen molar-refractivity contribution in [1.82, 2.24) is 10.2 Å². The number of aromatic nitrogens is 2. The molecule has 0 aliphatic carbocycles. The summed E-state index contributed by atoms with van der Waals surface area (Å²) in [5, 5.41) is 5.69. The van der Waals surface area contributed by atoms with Crippen molar-refractivity contribution in [1.29, 1.82) is 0 Å². The number of H-pyrrole nitrogens is 1. The van der Waals surface area contributed by atoms with Crippen molar-refractivity contribution in [3.63, 3.8) is 0 Å². The van der Waals surface area contributed by atoms with Gasteiger partial charge in [-0.1, -0.05) is 18.2 Å². The molecule has 1 aromatic carbocycles. The Morgan fingerprint density at radius 1 is 1.43 bits per heavy atom. The lowest BCUT2D eigenvalue weighted by atomic mass is 10.1. The molecule has 0 amide bonds. The van der Waals surface area contributed by atoms with Crippen LogP contribution in [0.1, 0.15) is 11.5 Å². The van der Waals surface area contributed by atoms with Crippen LogP contribution in [0.4, 0.5) is 4.39 Å². The van der Waals surface area contributed by atoms with Gasteiger partial charge in [0.25, 0.3) is 0 Å². The largest absolute Gasteiger partial charge is 0.434 e. The van der Waals surface area contributed by atoms with E-state index in [1.165, 1.54) is 6.07 Å². The minimum Gasteiger partial charge on any atom is -0.392 e. The van der Waals surface area contributed by atoms with Gasteiger partial charge in [-0.25, -0.2) is 14.3 Å². The van der Waals surface area contributed by atoms with Gasteiger partial charge in [0.15, 0.2) is 0 Å². The molecule has 14 heavy (non-hydrogen) atoms. The monoisotopic (exact) mass is 194 g/mol. The minimum atomic E-state index is -0.628. The first-order valence-corrected chi connectivity index (χ1v) is 4.03. The van der Waals surface area contributed by atoms with Gasteiger partial charge in [0.05, 0.1) is 6.42 Å². The van der Waals surface area contributed by atoms with Crippen LogP contribution in [-0.2, 0) is 6.42 Å². The second kappa shape index (κ2) is 3.45. The van der Waals surface area contributed by atoms with Crippen LogP contribution in [0.5, 0.6) is 0 Å². The number of aromatic amines is 1. The lowest BCUT2D eigenvalue weighted by Gasteiger charge is -1.97. The van der Waals surface area contributed by atoms with Gasteiger partial charge >= 0.3 is 5.76 Å². The Hall–Kier alpha value is -1.91. The van der Waals surface area contributed by atoms with Gasteiger partial charge in [-0.2, -0.15) is 0 Å². The zero-order valence-corrected chi connectivity index (χ0v) is 7.16. The quantitative estimate of drug-likeness (QED) is 0.778. The highest BCUT2D eigenvalue weighted by Gasteiger charge is 2.06. The van der Waals surface area contributed by atoms with E-state index in [1.54, 1.807) is 18.2 Å². The number of benzene rings is 1. The Kier molecular flexibility index (Phi) is 2.14. The van der Waals surface area contributed by atoms with E-state index in [0.29, 0.717) is 5.56 Å². The van der Waals surface area contributed by atoms with Crippen LogP contribution in [0.2, 0.25) is 0 Å². The topological polar surface area (TPSA) is 58.9 Å². The van der Waals surface area contributed by atoms with Crippen molar-refractivity contribution in [3.05, 3.63) is 52.1 Å². The summed E-state index contributed by atoms with van der Waals surface area (Å²) in [6.45, 7) is 0. The Labute approximate surface area is 78.4 Å². The fourth-order valence-electron chi connectivity index (χ4n) is 1.14. The third kappa shape index (κ3) is 1.71. The number of nitrogens with zero attached hydrogens (tertiary/aromatic N) is 1. The van der Waals surface area contributed by atoms with E-state index in [-0.39, 0.29) is 18.1 Å². The number of rotatable bonds is 2. The molecule has 1 aromatic heterocycles. The van der Waals surface area contributed by atoms with E-state index in [4.69, 9.17) is 0 Å². The van der Waals surface area contributed by atoms with Gasteiger partial charge in [0.1, 0.15) is 5.82 Å². The van der Waals surface area contributed by atoms with E-state index in [0.717, 1.165) is 0 Å². The average molecular weight is 194 g/mol. The molecule has 2 rings (SSSR count). The number of halogens is 1. The highest BCUT2D eigenvalue weighted by molar-refractivity contribution is 5.19. The normalized spacial score (nSPS) is 10.4. The number of nitrogens with one attached hydrogen (secondary N) is 1. The zero-order chi connectivity index (χ0) is 9.97. The molecule has 2 aromatic rings. The van der Waals surface area contributed by atoms with Gasteiger partial charge in [0, 0.05) is 0 Å². The maximum Gasteiger partial charge on any atom is 0.434 e. The molecular formula is C9H7FN2O2. The van der Waals surface area contributed by atoms with Crippen molar-refractivity contribution in [2.45, 2.75) is 6.42 Å². The molecule has 0 fully saturated rings. The van der Waals surface area contributed by atoms with Crippen molar-refractivity contribution < 1.29 is 8.81 Å². The molecule has 0 spiro atoms. The Morgan fingerprint density at radius 3 is 2.86 bits per heavy atom. The van der Waals surface area contributed by atoms with Gasteiger partial charge in [-0.3, -0.25) is 0 Å². The van der Waals surface area contributed by atoms with Crippen LogP contribution in [0.3, 0.4) is 0 Å². The van der Waals surface area contributed by atoms with Gasteiger partial charge in [0.2, 0.25) is 5.89 Å². The number of hydrogen-bond acceptors (Lipinski definition) is 3. The van der Waals surface area contributed by atoms with Crippen LogP contribution in [-0.4, -0.2) is 10.2 Å². The first kappa shape index (κ1) is 8.68. The van der Waals surface area contributed by atoms with Crippen molar-refractivity contribution in [2.75, 3.05) is 0 Å². The SMILES string of the molecule is O=c1[nH]nc(Cc2ccccc2F)o1. The maximum atomic E-state index is 13.1. The highest BCUT2D eigenvalue weighted by Crippen LogP contribution is 2.09. The first-order valence-electron chi connectivity index (χ1n) is 4.03. The van der Waals surface area contributed by atoms with E-state index in [1.807, 2.05) is 0 Å². The van der Waals surface area contributed by atoms with Gasteiger partial charge < -0.3 is 4.42 Å². The summed E-state index contributed by atoms with van der Waals surface area (Å²) in [6.07, 6.45) is 0.172. The van der Waals surface area contributed by atoms with Crippen LogP contribution in [0.15, 0.2) is 33.5 Å². The third-order valence-corrected chi connectivity index (χ3v) is 1.78. The number of hydrogen-bond donors (Lipinski definition) is 1. The Bertz CT molecular complexity index is 489. The van der Waals surface area contributed by atoms with Crippen LogP contribution >= 0.6 is 0 Å². The van der Waals surface area contributed by atoms with Gasteiger partial charge in [-0.05, 0) is 11.6 Å². The van der Waals surface area contributed by atoms with Crippen LogP contribution < -0.4 is 5.76 Å². The molecular weight excluding hydrogens is 187 g/mol.